The molecule has 0 aromatic rings. The molecular formula is C12H21N2O+. The first-order chi connectivity index (χ1) is 7.36. The van der Waals surface area contributed by atoms with Crippen LogP contribution in [0.3, 0.4) is 0 Å². The Labute approximate surface area is 91.4 Å². The van der Waals surface area contributed by atoms with Gasteiger partial charge in [0.1, 0.15) is 0 Å². The second-order valence-electron chi connectivity index (χ2n) is 5.58. The first-order valence-electron chi connectivity index (χ1n) is 6.40. The standard InChI is InChI=1S/C12H20N2O/c15-9-13-3-5-14(6-4-13)12-8-10-1-2-11(12)7-10/h9-12H,1-8H2/p+1/t10-,11+,12+/m1/s1. The molecule has 3 heteroatoms. The van der Waals surface area contributed by atoms with Crippen molar-refractivity contribution in [1.82, 2.24) is 4.90 Å². The predicted molar refractivity (Wildman–Crippen MR) is 57.6 cm³/mol. The summed E-state index contributed by atoms with van der Waals surface area (Å²) in [4.78, 5) is 14.4. The van der Waals surface area contributed by atoms with Gasteiger partial charge in [-0.1, -0.05) is 0 Å². The van der Waals surface area contributed by atoms with Gasteiger partial charge in [0, 0.05) is 12.3 Å². The topological polar surface area (TPSA) is 24.8 Å². The highest BCUT2D eigenvalue weighted by Gasteiger charge is 2.45. The molecule has 2 aliphatic carbocycles. The number of carbonyl (C=O) groups excluding carboxylic acids is 1. The second-order valence-corrected chi connectivity index (χ2v) is 5.58. The maximum Gasteiger partial charge on any atom is 0.210 e. The maximum absolute atomic E-state index is 10.6. The number of nitrogens with zero attached hydrogens (tertiary/aromatic N) is 1. The van der Waals surface area contributed by atoms with Crippen LogP contribution in [0.4, 0.5) is 0 Å². The second kappa shape index (κ2) is 3.78. The Hall–Kier alpha value is -0.570. The molecule has 3 nitrogen and oxygen atoms in total. The third kappa shape index (κ3) is 1.67. The van der Waals surface area contributed by atoms with Crippen LogP contribution >= 0.6 is 0 Å². The number of rotatable bonds is 2. The highest BCUT2D eigenvalue weighted by atomic mass is 16.1. The molecule has 1 heterocycles. The molecule has 0 aromatic carbocycles. The smallest absolute Gasteiger partial charge is 0.210 e. The average Bonchev–Trinajstić information content (AvgIpc) is 2.91. The van der Waals surface area contributed by atoms with Gasteiger partial charge in [0.2, 0.25) is 6.41 Å². The molecule has 1 aliphatic heterocycles. The summed E-state index contributed by atoms with van der Waals surface area (Å²) in [6.45, 7) is 4.33. The number of nitrogens with one attached hydrogen (secondary N) is 1. The molecule has 1 amide bonds. The van der Waals surface area contributed by atoms with Crippen molar-refractivity contribution in [3.05, 3.63) is 0 Å². The van der Waals surface area contributed by atoms with E-state index < -0.39 is 0 Å². The van der Waals surface area contributed by atoms with E-state index in [0.717, 1.165) is 37.4 Å². The number of hydrogen-bond acceptors (Lipinski definition) is 1. The molecule has 3 rings (SSSR count). The number of hydrogen-bond donors (Lipinski definition) is 1. The van der Waals surface area contributed by atoms with Gasteiger partial charge in [-0.25, -0.2) is 0 Å². The van der Waals surface area contributed by atoms with E-state index >= 15 is 0 Å². The molecule has 84 valence electrons. The first-order valence-corrected chi connectivity index (χ1v) is 6.40. The highest BCUT2D eigenvalue weighted by molar-refractivity contribution is 5.46. The first kappa shape index (κ1) is 9.64. The van der Waals surface area contributed by atoms with Gasteiger partial charge < -0.3 is 9.80 Å². The Kier molecular flexibility index (Phi) is 2.43. The molecule has 3 atom stereocenters. The van der Waals surface area contributed by atoms with Crippen molar-refractivity contribution in [2.45, 2.75) is 31.7 Å². The number of carbonyl (C=O) groups is 1. The van der Waals surface area contributed by atoms with Crippen LogP contribution in [0.5, 0.6) is 0 Å². The molecule has 0 aromatic heterocycles. The van der Waals surface area contributed by atoms with E-state index in [1.807, 2.05) is 4.90 Å². The molecule has 15 heavy (non-hydrogen) atoms. The molecule has 3 fully saturated rings. The van der Waals surface area contributed by atoms with Crippen LogP contribution in [-0.4, -0.2) is 43.5 Å². The van der Waals surface area contributed by atoms with E-state index in [0.29, 0.717) is 0 Å². The van der Waals surface area contributed by atoms with Crippen LogP contribution in [0.1, 0.15) is 25.7 Å². The van der Waals surface area contributed by atoms with Crippen LogP contribution in [0.2, 0.25) is 0 Å². The lowest BCUT2D eigenvalue weighted by molar-refractivity contribution is -0.932. The van der Waals surface area contributed by atoms with Crippen molar-refractivity contribution in [2.24, 2.45) is 11.8 Å². The molecule has 3 aliphatic rings. The van der Waals surface area contributed by atoms with E-state index in [4.69, 9.17) is 0 Å². The zero-order valence-electron chi connectivity index (χ0n) is 9.32. The van der Waals surface area contributed by atoms with E-state index in [1.54, 1.807) is 4.90 Å². The van der Waals surface area contributed by atoms with E-state index in [1.165, 1.54) is 38.8 Å². The number of fused-ring (bicyclic) bond motifs is 2. The molecule has 1 N–H and O–H groups in total. The summed E-state index contributed by atoms with van der Waals surface area (Å²) in [5, 5.41) is 0. The van der Waals surface area contributed by atoms with Crippen molar-refractivity contribution in [3.8, 4) is 0 Å². The summed E-state index contributed by atoms with van der Waals surface area (Å²) in [6, 6.07) is 0.942. The SMILES string of the molecule is O=CN1CC[NH+]([C@H]2C[C@@H]3CC[C@H]2C3)CC1. The Morgan fingerprint density at radius 3 is 2.47 bits per heavy atom. The van der Waals surface area contributed by atoms with Gasteiger partial charge in [0.25, 0.3) is 0 Å². The summed E-state index contributed by atoms with van der Waals surface area (Å²) < 4.78 is 0. The molecule has 2 bridgehead atoms. The molecule has 0 radical (unpaired) electrons. The van der Waals surface area contributed by atoms with E-state index in [-0.39, 0.29) is 0 Å². The fraction of sp³-hybridized carbons (Fsp3) is 0.917. The molecule has 0 spiro atoms. The van der Waals surface area contributed by atoms with Gasteiger partial charge >= 0.3 is 0 Å². The van der Waals surface area contributed by atoms with Gasteiger partial charge in [-0.15, -0.1) is 0 Å². The minimum absolute atomic E-state index is 0.942. The predicted octanol–water partition coefficient (Wildman–Crippen LogP) is -0.468. The normalized spacial score (nSPS) is 41.1. The van der Waals surface area contributed by atoms with Crippen molar-refractivity contribution in [3.63, 3.8) is 0 Å². The minimum Gasteiger partial charge on any atom is -0.334 e. The van der Waals surface area contributed by atoms with Crippen molar-refractivity contribution in [1.29, 1.82) is 0 Å². The number of amides is 1. The van der Waals surface area contributed by atoms with Crippen LogP contribution in [0.15, 0.2) is 0 Å². The maximum atomic E-state index is 10.6. The monoisotopic (exact) mass is 209 g/mol. The Bertz CT molecular complexity index is 248. The third-order valence-corrected chi connectivity index (χ3v) is 4.85. The van der Waals surface area contributed by atoms with Gasteiger partial charge in [-0.2, -0.15) is 0 Å². The molecular weight excluding hydrogens is 188 g/mol. The van der Waals surface area contributed by atoms with Crippen LogP contribution in [0, 0.1) is 11.8 Å². The van der Waals surface area contributed by atoms with Gasteiger partial charge in [0.15, 0.2) is 0 Å². The summed E-state index contributed by atoms with van der Waals surface area (Å²) in [5.41, 5.74) is 0. The summed E-state index contributed by atoms with van der Waals surface area (Å²) in [6.07, 6.45) is 6.97. The highest BCUT2D eigenvalue weighted by Crippen LogP contribution is 2.43. The van der Waals surface area contributed by atoms with Crippen molar-refractivity contribution >= 4 is 6.41 Å². The van der Waals surface area contributed by atoms with E-state index in [2.05, 4.69) is 0 Å². The summed E-state index contributed by atoms with van der Waals surface area (Å²) >= 11 is 0. The summed E-state index contributed by atoms with van der Waals surface area (Å²) in [7, 11) is 0. The van der Waals surface area contributed by atoms with Crippen molar-refractivity contribution in [2.75, 3.05) is 26.2 Å². The van der Waals surface area contributed by atoms with Crippen LogP contribution in [-0.2, 0) is 4.79 Å². The van der Waals surface area contributed by atoms with Gasteiger partial charge in [0.05, 0.1) is 32.2 Å². The lowest BCUT2D eigenvalue weighted by atomic mass is 9.93. The lowest BCUT2D eigenvalue weighted by Crippen LogP contribution is -3.18. The molecule has 1 saturated heterocycles. The van der Waals surface area contributed by atoms with Crippen LogP contribution in [0.25, 0.3) is 0 Å². The average molecular weight is 209 g/mol. The fourth-order valence-corrected chi connectivity index (χ4v) is 4.03. The fourth-order valence-electron chi connectivity index (χ4n) is 4.03. The largest absolute Gasteiger partial charge is 0.334 e. The quantitative estimate of drug-likeness (QED) is 0.611. The Morgan fingerprint density at radius 2 is 1.93 bits per heavy atom. The Morgan fingerprint density at radius 1 is 1.13 bits per heavy atom. The summed E-state index contributed by atoms with van der Waals surface area (Å²) in [5.74, 6) is 2.07. The van der Waals surface area contributed by atoms with Crippen LogP contribution < -0.4 is 4.90 Å². The minimum atomic E-state index is 0.942. The number of piperazine rings is 1. The van der Waals surface area contributed by atoms with Crippen molar-refractivity contribution < 1.29 is 9.69 Å². The number of quaternary nitrogens is 1. The lowest BCUT2D eigenvalue weighted by Gasteiger charge is -2.37. The van der Waals surface area contributed by atoms with Gasteiger partial charge in [-0.3, -0.25) is 4.79 Å². The molecule has 0 unspecified atom stereocenters. The Balaban J connectivity index is 1.58. The zero-order chi connectivity index (χ0) is 10.3. The zero-order valence-corrected chi connectivity index (χ0v) is 9.32. The molecule has 2 saturated carbocycles. The third-order valence-electron chi connectivity index (χ3n) is 4.85. The van der Waals surface area contributed by atoms with Gasteiger partial charge in [-0.05, 0) is 25.2 Å². The van der Waals surface area contributed by atoms with E-state index in [9.17, 15) is 4.79 Å².